The summed E-state index contributed by atoms with van der Waals surface area (Å²) in [5.74, 6) is 0.881. The van der Waals surface area contributed by atoms with E-state index >= 15 is 0 Å². The van der Waals surface area contributed by atoms with Gasteiger partial charge in [-0.25, -0.2) is 0 Å². The Bertz CT molecular complexity index is 674. The zero-order chi connectivity index (χ0) is 13.5. The first-order chi connectivity index (χ1) is 9.79. The van der Waals surface area contributed by atoms with Crippen LogP contribution in [0, 0.1) is 0 Å². The Morgan fingerprint density at radius 2 is 2.25 bits per heavy atom. The lowest BCUT2D eigenvalue weighted by Crippen LogP contribution is -2.25. The van der Waals surface area contributed by atoms with Crippen molar-refractivity contribution in [2.75, 3.05) is 6.61 Å². The molecule has 1 fully saturated rings. The third-order valence-corrected chi connectivity index (χ3v) is 3.72. The Morgan fingerprint density at radius 3 is 3.10 bits per heavy atom. The molecule has 0 unspecified atom stereocenters. The number of hydrogen-bond donors (Lipinski definition) is 2. The lowest BCUT2D eigenvalue weighted by Gasteiger charge is -2.01. The first-order valence-electron chi connectivity index (χ1n) is 6.92. The molecule has 1 aromatic carbocycles. The number of carbonyl (C=O) groups excluding carboxylic acids is 1. The minimum absolute atomic E-state index is 0.0734. The summed E-state index contributed by atoms with van der Waals surface area (Å²) in [5.41, 5.74) is 3.52. The molecular weight excluding hydrogens is 254 g/mol. The van der Waals surface area contributed by atoms with Crippen molar-refractivity contribution in [1.29, 1.82) is 0 Å². The van der Waals surface area contributed by atoms with Crippen LogP contribution in [0.5, 0.6) is 5.75 Å². The molecule has 2 aromatic rings. The first kappa shape index (κ1) is 11.5. The van der Waals surface area contributed by atoms with E-state index in [1.807, 2.05) is 12.1 Å². The number of amides is 1. The van der Waals surface area contributed by atoms with Gasteiger partial charge in [-0.15, -0.1) is 0 Å². The molecule has 0 spiro atoms. The van der Waals surface area contributed by atoms with Crippen molar-refractivity contribution in [3.05, 3.63) is 35.5 Å². The molecule has 0 saturated heterocycles. The van der Waals surface area contributed by atoms with E-state index in [0.717, 1.165) is 42.9 Å². The summed E-state index contributed by atoms with van der Waals surface area (Å²) in [5, 5.41) is 9.99. The Morgan fingerprint density at radius 1 is 1.35 bits per heavy atom. The zero-order valence-electron chi connectivity index (χ0n) is 11.0. The summed E-state index contributed by atoms with van der Waals surface area (Å²) >= 11 is 0. The van der Waals surface area contributed by atoms with Crippen molar-refractivity contribution in [2.45, 2.75) is 25.3 Å². The van der Waals surface area contributed by atoms with E-state index in [1.165, 1.54) is 5.56 Å². The van der Waals surface area contributed by atoms with Crippen LogP contribution in [0.4, 0.5) is 0 Å². The number of fused-ring (bicyclic) bond motifs is 1. The minimum Gasteiger partial charge on any atom is -0.493 e. The summed E-state index contributed by atoms with van der Waals surface area (Å²) in [4.78, 5) is 11.9. The lowest BCUT2D eigenvalue weighted by molar-refractivity contribution is 0.0946. The second-order valence-electron chi connectivity index (χ2n) is 5.34. The van der Waals surface area contributed by atoms with E-state index in [1.54, 1.807) is 6.07 Å². The number of H-pyrrole nitrogens is 1. The van der Waals surface area contributed by atoms with Crippen LogP contribution in [0.15, 0.2) is 24.3 Å². The maximum atomic E-state index is 11.9. The Hall–Kier alpha value is -2.30. The number of aromatic nitrogens is 2. The fourth-order valence-corrected chi connectivity index (χ4v) is 2.42. The van der Waals surface area contributed by atoms with Gasteiger partial charge in [-0.05, 0) is 42.7 Å². The monoisotopic (exact) mass is 269 g/mol. The molecule has 2 aliphatic rings. The Balaban J connectivity index is 1.59. The van der Waals surface area contributed by atoms with Gasteiger partial charge < -0.3 is 10.1 Å². The molecule has 5 heteroatoms. The van der Waals surface area contributed by atoms with E-state index in [2.05, 4.69) is 21.6 Å². The van der Waals surface area contributed by atoms with Crippen molar-refractivity contribution in [2.24, 2.45) is 0 Å². The van der Waals surface area contributed by atoms with Crippen LogP contribution in [0.25, 0.3) is 11.3 Å². The number of nitrogens with zero attached hydrogens (tertiary/aromatic N) is 1. The molecule has 1 aliphatic heterocycles. The summed E-state index contributed by atoms with van der Waals surface area (Å²) in [7, 11) is 0. The van der Waals surface area contributed by atoms with Crippen LogP contribution < -0.4 is 10.1 Å². The molecule has 20 heavy (non-hydrogen) atoms. The molecule has 1 saturated carbocycles. The molecule has 1 amide bonds. The Kier molecular flexibility index (Phi) is 2.52. The largest absolute Gasteiger partial charge is 0.493 e. The van der Waals surface area contributed by atoms with Gasteiger partial charge in [-0.2, -0.15) is 5.10 Å². The highest BCUT2D eigenvalue weighted by Gasteiger charge is 2.24. The van der Waals surface area contributed by atoms with Crippen molar-refractivity contribution < 1.29 is 9.53 Å². The maximum Gasteiger partial charge on any atom is 0.269 e. The van der Waals surface area contributed by atoms with E-state index in [0.29, 0.717) is 11.7 Å². The molecule has 0 radical (unpaired) electrons. The fourth-order valence-electron chi connectivity index (χ4n) is 2.42. The number of rotatable bonds is 3. The van der Waals surface area contributed by atoms with Crippen molar-refractivity contribution >= 4 is 5.91 Å². The van der Waals surface area contributed by atoms with Crippen molar-refractivity contribution in [3.8, 4) is 17.0 Å². The van der Waals surface area contributed by atoms with Crippen LogP contribution in [0.3, 0.4) is 0 Å². The quantitative estimate of drug-likeness (QED) is 0.894. The second-order valence-corrected chi connectivity index (χ2v) is 5.34. The third kappa shape index (κ3) is 2.05. The average molecular weight is 269 g/mol. The molecule has 4 rings (SSSR count). The minimum atomic E-state index is -0.0734. The maximum absolute atomic E-state index is 11.9. The standard InChI is InChI=1S/C15H15N3O2/c19-15(16-11-2-3-11)13-8-12(17-18-13)9-1-4-14-10(7-9)5-6-20-14/h1,4,7-8,11H,2-3,5-6H2,(H,16,19)(H,17,18). The third-order valence-electron chi connectivity index (χ3n) is 3.72. The molecule has 2 heterocycles. The SMILES string of the molecule is O=C(NC1CC1)c1cc(-c2ccc3c(c2)CCO3)n[nH]1. The first-order valence-corrected chi connectivity index (χ1v) is 6.92. The van der Waals surface area contributed by atoms with Crippen molar-refractivity contribution in [3.63, 3.8) is 0 Å². The van der Waals surface area contributed by atoms with Crippen LogP contribution in [-0.2, 0) is 6.42 Å². The topological polar surface area (TPSA) is 67.0 Å². The highest BCUT2D eigenvalue weighted by atomic mass is 16.5. The van der Waals surface area contributed by atoms with Gasteiger partial charge in [-0.3, -0.25) is 9.89 Å². The summed E-state index contributed by atoms with van der Waals surface area (Å²) in [6.07, 6.45) is 3.09. The van der Waals surface area contributed by atoms with Crippen LogP contribution >= 0.6 is 0 Å². The van der Waals surface area contributed by atoms with E-state index in [-0.39, 0.29) is 5.91 Å². The molecule has 0 atom stereocenters. The van der Waals surface area contributed by atoms with Crippen LogP contribution in [-0.4, -0.2) is 28.8 Å². The number of hydrogen-bond acceptors (Lipinski definition) is 3. The van der Waals surface area contributed by atoms with Gasteiger partial charge in [0.15, 0.2) is 0 Å². The highest BCUT2D eigenvalue weighted by Crippen LogP contribution is 2.30. The summed E-state index contributed by atoms with van der Waals surface area (Å²) < 4.78 is 5.49. The predicted octanol–water partition coefficient (Wildman–Crippen LogP) is 1.90. The Labute approximate surface area is 116 Å². The molecule has 2 N–H and O–H groups in total. The molecule has 1 aromatic heterocycles. The summed E-state index contributed by atoms with van der Waals surface area (Å²) in [6.45, 7) is 0.744. The number of benzene rings is 1. The molecule has 1 aliphatic carbocycles. The summed E-state index contributed by atoms with van der Waals surface area (Å²) in [6, 6.07) is 8.18. The van der Waals surface area contributed by atoms with Gasteiger partial charge in [0, 0.05) is 18.0 Å². The van der Waals surface area contributed by atoms with E-state index in [9.17, 15) is 4.79 Å². The van der Waals surface area contributed by atoms with Gasteiger partial charge in [0.2, 0.25) is 0 Å². The van der Waals surface area contributed by atoms with Crippen LogP contribution in [0.2, 0.25) is 0 Å². The van der Waals surface area contributed by atoms with Crippen molar-refractivity contribution in [1.82, 2.24) is 15.5 Å². The highest BCUT2D eigenvalue weighted by molar-refractivity contribution is 5.93. The lowest BCUT2D eigenvalue weighted by atomic mass is 10.1. The number of ether oxygens (including phenoxy) is 1. The molecule has 0 bridgehead atoms. The van der Waals surface area contributed by atoms with Crippen LogP contribution in [0.1, 0.15) is 28.9 Å². The molecular formula is C15H15N3O2. The van der Waals surface area contributed by atoms with Gasteiger partial charge in [-0.1, -0.05) is 0 Å². The molecule has 102 valence electrons. The van der Waals surface area contributed by atoms with Gasteiger partial charge in [0.25, 0.3) is 5.91 Å². The van der Waals surface area contributed by atoms with E-state index in [4.69, 9.17) is 4.74 Å². The zero-order valence-corrected chi connectivity index (χ0v) is 11.0. The number of carbonyl (C=O) groups is 1. The second kappa shape index (κ2) is 4.37. The van der Waals surface area contributed by atoms with E-state index < -0.39 is 0 Å². The smallest absolute Gasteiger partial charge is 0.269 e. The average Bonchev–Trinajstić information content (AvgIpc) is 2.96. The van der Waals surface area contributed by atoms with Gasteiger partial charge in [0.05, 0.1) is 12.3 Å². The molecule has 5 nitrogen and oxygen atoms in total. The normalized spacial score (nSPS) is 16.6. The number of nitrogens with one attached hydrogen (secondary N) is 2. The van der Waals surface area contributed by atoms with Gasteiger partial charge in [0.1, 0.15) is 11.4 Å². The van der Waals surface area contributed by atoms with Gasteiger partial charge >= 0.3 is 0 Å². The predicted molar refractivity (Wildman–Crippen MR) is 73.7 cm³/mol. The number of aromatic amines is 1. The fraction of sp³-hybridized carbons (Fsp3) is 0.333.